The van der Waals surface area contributed by atoms with Crippen LogP contribution in [0.2, 0.25) is 0 Å². The predicted molar refractivity (Wildman–Crippen MR) is 137 cm³/mol. The smallest absolute Gasteiger partial charge is 0.257 e. The fraction of sp³-hybridized carbons (Fsp3) is 0.348. The first kappa shape index (κ1) is 25.4. The number of ether oxygens (including phenoxy) is 2. The highest BCUT2D eigenvalue weighted by Gasteiger charge is 2.09. The number of rotatable bonds is 9. The van der Waals surface area contributed by atoms with Crippen LogP contribution in [0.5, 0.6) is 11.5 Å². The molecule has 3 rings (SSSR count). The van der Waals surface area contributed by atoms with E-state index in [1.54, 1.807) is 14.2 Å². The first-order chi connectivity index (χ1) is 15.2. The van der Waals surface area contributed by atoms with Gasteiger partial charge >= 0.3 is 0 Å². The van der Waals surface area contributed by atoms with E-state index in [1.807, 2.05) is 44.2 Å². The number of methoxy groups -OCH3 is 1. The number of benzene rings is 2. The molecule has 1 heterocycles. The van der Waals surface area contributed by atoms with Gasteiger partial charge in [0.2, 0.25) is 0 Å². The number of aryl methyl sites for hydroxylation is 1. The Morgan fingerprint density at radius 3 is 2.50 bits per heavy atom. The third kappa shape index (κ3) is 6.84. The molecule has 0 aliphatic heterocycles. The van der Waals surface area contributed by atoms with Gasteiger partial charge in [-0.2, -0.15) is 4.98 Å². The molecule has 0 saturated heterocycles. The van der Waals surface area contributed by atoms with Crippen molar-refractivity contribution in [3.8, 4) is 23.0 Å². The Bertz CT molecular complexity index is 1010. The molecular weight excluding hydrogens is 521 g/mol. The van der Waals surface area contributed by atoms with Crippen LogP contribution in [-0.4, -0.2) is 43.4 Å². The minimum atomic E-state index is 0. The van der Waals surface area contributed by atoms with Crippen LogP contribution >= 0.6 is 24.0 Å². The number of guanidine groups is 1. The summed E-state index contributed by atoms with van der Waals surface area (Å²) in [6.45, 7) is 5.24. The van der Waals surface area contributed by atoms with Gasteiger partial charge in [-0.05, 0) is 43.2 Å². The number of anilines is 1. The van der Waals surface area contributed by atoms with Gasteiger partial charge in [0.05, 0.1) is 13.7 Å². The van der Waals surface area contributed by atoms with Gasteiger partial charge in [-0.3, -0.25) is 4.99 Å². The Hall–Kier alpha value is -2.82. The van der Waals surface area contributed by atoms with Gasteiger partial charge in [-0.25, -0.2) is 0 Å². The zero-order chi connectivity index (χ0) is 22.1. The maximum absolute atomic E-state index is 5.63. The Morgan fingerprint density at radius 2 is 1.88 bits per heavy atom. The van der Waals surface area contributed by atoms with Crippen molar-refractivity contribution in [2.24, 2.45) is 4.99 Å². The number of nitrogens with zero attached hydrogens (tertiary/aromatic N) is 3. The van der Waals surface area contributed by atoms with Crippen LogP contribution in [0.4, 0.5) is 5.69 Å². The summed E-state index contributed by atoms with van der Waals surface area (Å²) in [5.41, 5.74) is 2.99. The van der Waals surface area contributed by atoms with Crippen molar-refractivity contribution < 1.29 is 14.0 Å². The first-order valence-corrected chi connectivity index (χ1v) is 10.4. The second-order valence-electron chi connectivity index (χ2n) is 6.74. The third-order valence-corrected chi connectivity index (χ3v) is 4.64. The number of hydrogen-bond donors (Lipinski definition) is 2. The monoisotopic (exact) mass is 551 g/mol. The van der Waals surface area contributed by atoms with Gasteiger partial charge in [0.1, 0.15) is 0 Å². The second kappa shape index (κ2) is 12.9. The van der Waals surface area contributed by atoms with Crippen LogP contribution in [0, 0.1) is 0 Å². The largest absolute Gasteiger partial charge is 0.493 e. The van der Waals surface area contributed by atoms with Crippen LogP contribution < -0.4 is 20.1 Å². The van der Waals surface area contributed by atoms with E-state index in [0.29, 0.717) is 35.8 Å². The van der Waals surface area contributed by atoms with Crippen molar-refractivity contribution in [3.05, 3.63) is 53.9 Å². The minimum Gasteiger partial charge on any atom is -0.493 e. The van der Waals surface area contributed by atoms with Crippen LogP contribution in [-0.2, 0) is 12.8 Å². The van der Waals surface area contributed by atoms with E-state index in [2.05, 4.69) is 37.9 Å². The lowest BCUT2D eigenvalue weighted by atomic mass is 10.1. The average Bonchev–Trinajstić information content (AvgIpc) is 3.29. The molecule has 0 fully saturated rings. The molecule has 0 radical (unpaired) electrons. The highest BCUT2D eigenvalue weighted by atomic mass is 127. The summed E-state index contributed by atoms with van der Waals surface area (Å²) in [6.07, 6.45) is 1.60. The minimum absolute atomic E-state index is 0. The zero-order valence-corrected chi connectivity index (χ0v) is 21.2. The van der Waals surface area contributed by atoms with Crippen molar-refractivity contribution in [2.75, 3.05) is 32.6 Å². The molecule has 0 bridgehead atoms. The molecule has 0 amide bonds. The molecule has 0 atom stereocenters. The van der Waals surface area contributed by atoms with Crippen molar-refractivity contribution >= 4 is 35.6 Å². The molecule has 3 aromatic rings. The molecule has 172 valence electrons. The van der Waals surface area contributed by atoms with Crippen LogP contribution in [0.15, 0.2) is 52.0 Å². The second-order valence-corrected chi connectivity index (χ2v) is 6.74. The van der Waals surface area contributed by atoms with Gasteiger partial charge in [-0.1, -0.05) is 24.2 Å². The van der Waals surface area contributed by atoms with Gasteiger partial charge in [0.25, 0.3) is 5.89 Å². The maximum atomic E-state index is 5.63. The molecule has 0 saturated carbocycles. The molecule has 0 unspecified atom stereocenters. The van der Waals surface area contributed by atoms with Crippen molar-refractivity contribution in [2.45, 2.75) is 26.7 Å². The standard InChI is InChI=1S/C23H29N5O3.HI/c1-5-21-27-22(31-28-21)17-9-7-16(8-10-17)13-14-25-23(24-3)26-18-11-12-19(29-4)20(15-18)30-6-2;/h7-12,15H,5-6,13-14H2,1-4H3,(H2,24,25,26);1H. The lowest BCUT2D eigenvalue weighted by Gasteiger charge is -2.14. The average molecular weight is 551 g/mol. The SMILES string of the molecule is CCOc1cc(NC(=NC)NCCc2ccc(-c3nc(CC)no3)cc2)ccc1OC.I. The molecular formula is C23H30IN5O3. The van der Waals surface area contributed by atoms with E-state index >= 15 is 0 Å². The topological polar surface area (TPSA) is 93.8 Å². The third-order valence-electron chi connectivity index (χ3n) is 4.64. The highest BCUT2D eigenvalue weighted by Crippen LogP contribution is 2.30. The van der Waals surface area contributed by atoms with Gasteiger partial charge in [0.15, 0.2) is 23.3 Å². The van der Waals surface area contributed by atoms with E-state index in [-0.39, 0.29) is 24.0 Å². The molecule has 0 aliphatic carbocycles. The fourth-order valence-electron chi connectivity index (χ4n) is 2.99. The quantitative estimate of drug-likeness (QED) is 0.229. The summed E-state index contributed by atoms with van der Waals surface area (Å²) in [5.74, 6) is 3.34. The van der Waals surface area contributed by atoms with E-state index in [9.17, 15) is 0 Å². The zero-order valence-electron chi connectivity index (χ0n) is 18.8. The Morgan fingerprint density at radius 1 is 1.09 bits per heavy atom. The number of halogens is 1. The summed E-state index contributed by atoms with van der Waals surface area (Å²) < 4.78 is 16.3. The first-order valence-electron chi connectivity index (χ1n) is 10.4. The number of aromatic nitrogens is 2. The van der Waals surface area contributed by atoms with E-state index in [1.165, 1.54) is 5.56 Å². The van der Waals surface area contributed by atoms with Gasteiger partial charge in [-0.15, -0.1) is 24.0 Å². The molecule has 8 nitrogen and oxygen atoms in total. The number of nitrogens with one attached hydrogen (secondary N) is 2. The summed E-state index contributed by atoms with van der Waals surface area (Å²) in [5, 5.41) is 10.5. The number of hydrogen-bond acceptors (Lipinski definition) is 6. The van der Waals surface area contributed by atoms with Crippen molar-refractivity contribution in [1.29, 1.82) is 0 Å². The number of aliphatic imine (C=N–C) groups is 1. The Kier molecular flexibility index (Phi) is 10.3. The van der Waals surface area contributed by atoms with Gasteiger partial charge in [0, 0.05) is 37.3 Å². The maximum Gasteiger partial charge on any atom is 0.257 e. The highest BCUT2D eigenvalue weighted by molar-refractivity contribution is 14.0. The lowest BCUT2D eigenvalue weighted by molar-refractivity contribution is 0.311. The molecule has 2 N–H and O–H groups in total. The molecule has 1 aromatic heterocycles. The summed E-state index contributed by atoms with van der Waals surface area (Å²) in [4.78, 5) is 8.65. The molecule has 32 heavy (non-hydrogen) atoms. The van der Waals surface area contributed by atoms with E-state index in [0.717, 1.165) is 30.6 Å². The summed E-state index contributed by atoms with van der Waals surface area (Å²) in [7, 11) is 3.37. The van der Waals surface area contributed by atoms with Gasteiger partial charge < -0.3 is 24.6 Å². The molecule has 0 aliphatic rings. The van der Waals surface area contributed by atoms with Crippen LogP contribution in [0.3, 0.4) is 0 Å². The lowest BCUT2D eigenvalue weighted by Crippen LogP contribution is -2.32. The summed E-state index contributed by atoms with van der Waals surface area (Å²) >= 11 is 0. The Labute approximate surface area is 205 Å². The van der Waals surface area contributed by atoms with Crippen molar-refractivity contribution in [3.63, 3.8) is 0 Å². The van der Waals surface area contributed by atoms with Crippen LogP contribution in [0.1, 0.15) is 25.2 Å². The van der Waals surface area contributed by atoms with Crippen LogP contribution in [0.25, 0.3) is 11.5 Å². The summed E-state index contributed by atoms with van der Waals surface area (Å²) in [6, 6.07) is 13.8. The fourth-order valence-corrected chi connectivity index (χ4v) is 2.99. The van der Waals surface area contributed by atoms with E-state index in [4.69, 9.17) is 14.0 Å². The van der Waals surface area contributed by atoms with E-state index < -0.39 is 0 Å². The van der Waals surface area contributed by atoms with Crippen molar-refractivity contribution in [1.82, 2.24) is 15.5 Å². The Balaban J connectivity index is 0.00000363. The molecule has 9 heteroatoms. The molecule has 2 aromatic carbocycles. The molecule has 0 spiro atoms. The normalized spacial score (nSPS) is 10.9. The predicted octanol–water partition coefficient (Wildman–Crippen LogP) is 4.55.